The second kappa shape index (κ2) is 8.92. The molecular weight excluding hydrogens is 304 g/mol. The number of nitrogens with one attached hydrogen (secondary N) is 1. The molecular formula is C19H22N2O3. The molecule has 2 unspecified atom stereocenters. The predicted molar refractivity (Wildman–Crippen MR) is 91.8 cm³/mol. The number of aliphatic hydroxyl groups is 1. The van der Waals surface area contributed by atoms with Crippen LogP contribution in [-0.2, 0) is 6.54 Å². The number of aliphatic hydroxyl groups excluding tert-OH is 1. The Morgan fingerprint density at radius 1 is 1.08 bits per heavy atom. The van der Waals surface area contributed by atoms with E-state index in [0.29, 0.717) is 18.8 Å². The molecule has 0 fully saturated rings. The minimum atomic E-state index is -0.574. The highest BCUT2D eigenvalue weighted by molar-refractivity contribution is 5.29. The maximum absolute atomic E-state index is 10.2. The van der Waals surface area contributed by atoms with E-state index in [9.17, 15) is 5.11 Å². The number of nitrogens with zero attached hydrogens (tertiary/aromatic N) is 1. The smallest absolute Gasteiger partial charge is 0.181 e. The lowest BCUT2D eigenvalue weighted by Gasteiger charge is -2.13. The van der Waals surface area contributed by atoms with Crippen LogP contribution in [0.1, 0.15) is 24.2 Å². The molecule has 24 heavy (non-hydrogen) atoms. The van der Waals surface area contributed by atoms with E-state index in [0.717, 1.165) is 16.9 Å². The monoisotopic (exact) mass is 326 g/mol. The zero-order valence-electron chi connectivity index (χ0n) is 13.9. The largest absolute Gasteiger partial charge is 0.497 e. The van der Waals surface area contributed by atoms with Crippen molar-refractivity contribution in [3.63, 3.8) is 0 Å². The van der Waals surface area contributed by atoms with E-state index >= 15 is 0 Å². The van der Waals surface area contributed by atoms with E-state index in [2.05, 4.69) is 5.32 Å². The van der Waals surface area contributed by atoms with E-state index in [1.54, 1.807) is 14.0 Å². The molecule has 0 saturated carbocycles. The molecule has 2 rings (SSSR count). The Hall–Kier alpha value is -2.55. The summed E-state index contributed by atoms with van der Waals surface area (Å²) in [5, 5.41) is 22.1. The quantitative estimate of drug-likeness (QED) is 0.780. The second-order valence-corrected chi connectivity index (χ2v) is 5.45. The van der Waals surface area contributed by atoms with Crippen LogP contribution in [-0.4, -0.2) is 24.9 Å². The highest BCUT2D eigenvalue weighted by atomic mass is 16.5. The molecule has 0 aromatic heterocycles. The third kappa shape index (κ3) is 5.27. The number of benzene rings is 2. The summed E-state index contributed by atoms with van der Waals surface area (Å²) < 4.78 is 10.5. The Morgan fingerprint density at radius 3 is 2.29 bits per heavy atom. The molecule has 5 heteroatoms. The highest BCUT2D eigenvalue weighted by Crippen LogP contribution is 2.17. The molecule has 0 aliphatic heterocycles. The molecule has 0 spiro atoms. The van der Waals surface area contributed by atoms with Crippen molar-refractivity contribution in [2.45, 2.75) is 25.7 Å². The molecule has 0 radical (unpaired) electrons. The summed E-state index contributed by atoms with van der Waals surface area (Å²) in [6.07, 6.45) is -1.04. The van der Waals surface area contributed by atoms with Crippen molar-refractivity contribution in [2.24, 2.45) is 0 Å². The van der Waals surface area contributed by atoms with Crippen LogP contribution in [0.15, 0.2) is 48.5 Å². The average Bonchev–Trinajstić information content (AvgIpc) is 2.63. The van der Waals surface area contributed by atoms with Crippen molar-refractivity contribution in [3.05, 3.63) is 59.7 Å². The van der Waals surface area contributed by atoms with Crippen LogP contribution < -0.4 is 14.8 Å². The molecule has 0 aliphatic carbocycles. The van der Waals surface area contributed by atoms with Gasteiger partial charge in [0.05, 0.1) is 13.2 Å². The molecule has 5 nitrogen and oxygen atoms in total. The van der Waals surface area contributed by atoms with Crippen molar-refractivity contribution in [3.8, 4) is 17.6 Å². The topological polar surface area (TPSA) is 74.5 Å². The first kappa shape index (κ1) is 17.8. The Bertz CT molecular complexity index is 663. The molecule has 2 N–H and O–H groups in total. The van der Waals surface area contributed by atoms with E-state index in [4.69, 9.17) is 14.7 Å². The molecule has 2 aromatic rings. The number of hydrogen-bond donors (Lipinski definition) is 2. The third-order valence-electron chi connectivity index (χ3n) is 3.59. The Morgan fingerprint density at radius 2 is 1.71 bits per heavy atom. The zero-order valence-corrected chi connectivity index (χ0v) is 13.9. The lowest BCUT2D eigenvalue weighted by molar-refractivity contribution is 0.174. The highest BCUT2D eigenvalue weighted by Gasteiger charge is 2.07. The van der Waals surface area contributed by atoms with Crippen LogP contribution in [0, 0.1) is 11.3 Å². The summed E-state index contributed by atoms with van der Waals surface area (Å²) in [6.45, 7) is 2.80. The van der Waals surface area contributed by atoms with Crippen LogP contribution in [0.25, 0.3) is 0 Å². The number of rotatable bonds is 8. The van der Waals surface area contributed by atoms with Gasteiger partial charge in [-0.05, 0) is 42.3 Å². The third-order valence-corrected chi connectivity index (χ3v) is 3.59. The Kier molecular flexibility index (Phi) is 6.62. The molecule has 0 saturated heterocycles. The first-order valence-corrected chi connectivity index (χ1v) is 7.80. The number of hydrogen-bond acceptors (Lipinski definition) is 5. The fraction of sp³-hybridized carbons (Fsp3) is 0.316. The lowest BCUT2D eigenvalue weighted by Crippen LogP contribution is -2.21. The summed E-state index contributed by atoms with van der Waals surface area (Å²) in [7, 11) is 1.62. The van der Waals surface area contributed by atoms with Gasteiger partial charge in [0, 0.05) is 13.1 Å². The maximum atomic E-state index is 10.2. The minimum absolute atomic E-state index is 0.454. The molecule has 0 amide bonds. The molecule has 0 aliphatic rings. The summed E-state index contributed by atoms with van der Waals surface area (Å²) >= 11 is 0. The van der Waals surface area contributed by atoms with Gasteiger partial charge in [-0.2, -0.15) is 5.26 Å². The van der Waals surface area contributed by atoms with Gasteiger partial charge in [0.1, 0.15) is 17.6 Å². The maximum Gasteiger partial charge on any atom is 0.181 e. The zero-order chi connectivity index (χ0) is 17.4. The molecule has 2 atom stereocenters. The van der Waals surface area contributed by atoms with Gasteiger partial charge < -0.3 is 19.9 Å². The van der Waals surface area contributed by atoms with Gasteiger partial charge >= 0.3 is 0 Å². The Balaban J connectivity index is 1.79. The van der Waals surface area contributed by atoms with Crippen molar-refractivity contribution >= 4 is 0 Å². The first-order valence-electron chi connectivity index (χ1n) is 7.80. The molecule has 0 heterocycles. The van der Waals surface area contributed by atoms with Gasteiger partial charge in [0.2, 0.25) is 0 Å². The van der Waals surface area contributed by atoms with Gasteiger partial charge in [-0.25, -0.2) is 0 Å². The number of methoxy groups -OCH3 is 1. The lowest BCUT2D eigenvalue weighted by atomic mass is 10.1. The molecule has 0 bridgehead atoms. The van der Waals surface area contributed by atoms with Crippen LogP contribution in [0.5, 0.6) is 11.5 Å². The van der Waals surface area contributed by atoms with E-state index in [1.165, 1.54) is 0 Å². The van der Waals surface area contributed by atoms with Crippen LogP contribution >= 0.6 is 0 Å². The van der Waals surface area contributed by atoms with Crippen molar-refractivity contribution in [1.29, 1.82) is 5.26 Å². The van der Waals surface area contributed by atoms with Crippen LogP contribution in [0.3, 0.4) is 0 Å². The van der Waals surface area contributed by atoms with Gasteiger partial charge in [-0.3, -0.25) is 0 Å². The van der Waals surface area contributed by atoms with Crippen molar-refractivity contribution < 1.29 is 14.6 Å². The summed E-state index contributed by atoms with van der Waals surface area (Å²) in [4.78, 5) is 0. The minimum Gasteiger partial charge on any atom is -0.497 e. The van der Waals surface area contributed by atoms with Crippen molar-refractivity contribution in [2.75, 3.05) is 13.7 Å². The van der Waals surface area contributed by atoms with Crippen molar-refractivity contribution in [1.82, 2.24) is 5.32 Å². The summed E-state index contributed by atoms with van der Waals surface area (Å²) in [5.74, 6) is 1.44. The summed E-state index contributed by atoms with van der Waals surface area (Å²) in [5.41, 5.74) is 1.92. The fourth-order valence-corrected chi connectivity index (χ4v) is 2.21. The van der Waals surface area contributed by atoms with E-state index in [1.807, 2.05) is 54.6 Å². The molecule has 126 valence electrons. The van der Waals surface area contributed by atoms with Crippen LogP contribution in [0.2, 0.25) is 0 Å². The van der Waals surface area contributed by atoms with Gasteiger partial charge in [0.15, 0.2) is 6.10 Å². The van der Waals surface area contributed by atoms with Gasteiger partial charge in [-0.1, -0.05) is 24.3 Å². The fourth-order valence-electron chi connectivity index (χ4n) is 2.21. The number of nitriles is 1. The second-order valence-electron chi connectivity index (χ2n) is 5.45. The van der Waals surface area contributed by atoms with Gasteiger partial charge in [-0.15, -0.1) is 0 Å². The average molecular weight is 326 g/mol. The normalized spacial score (nSPS) is 12.9. The Labute approximate surface area is 142 Å². The summed E-state index contributed by atoms with van der Waals surface area (Å²) in [6, 6.07) is 17.0. The standard InChI is InChI=1S/C19H22N2O3/c1-14(11-20)24-18-7-3-15(4-8-18)12-21-13-19(22)16-5-9-17(23-2)10-6-16/h3-10,14,19,21-22H,12-13H2,1-2H3. The predicted octanol–water partition coefficient (Wildman–Crippen LogP) is 2.81. The number of ether oxygens (including phenoxy) is 2. The van der Waals surface area contributed by atoms with E-state index in [-0.39, 0.29) is 0 Å². The van der Waals surface area contributed by atoms with E-state index < -0.39 is 12.2 Å². The molecule has 2 aromatic carbocycles. The van der Waals surface area contributed by atoms with Crippen LogP contribution in [0.4, 0.5) is 0 Å². The first-order chi connectivity index (χ1) is 11.6. The SMILES string of the molecule is COc1ccc(C(O)CNCc2ccc(OC(C)C#N)cc2)cc1. The van der Waals surface area contributed by atoms with Gasteiger partial charge in [0.25, 0.3) is 0 Å².